The second-order valence-electron chi connectivity index (χ2n) is 7.17. The van der Waals surface area contributed by atoms with Gasteiger partial charge in [0, 0.05) is 6.42 Å². The molecular weight excluding hydrogens is 397 g/mol. The van der Waals surface area contributed by atoms with E-state index < -0.39 is 0 Å². The molecule has 0 radical (unpaired) electrons. The van der Waals surface area contributed by atoms with Gasteiger partial charge in [-0.3, -0.25) is 4.57 Å². The highest BCUT2D eigenvalue weighted by Gasteiger charge is 2.20. The number of imidazole rings is 1. The molecule has 2 heterocycles. The molecule has 0 saturated carbocycles. The van der Waals surface area contributed by atoms with Crippen LogP contribution < -0.4 is 10.1 Å². The van der Waals surface area contributed by atoms with Crippen LogP contribution in [0.4, 0.5) is 16.0 Å². The Morgan fingerprint density at radius 2 is 1.90 bits per heavy atom. The van der Waals surface area contributed by atoms with Crippen LogP contribution in [0.25, 0.3) is 11.2 Å². The third kappa shape index (κ3) is 4.34. The maximum atomic E-state index is 14.2. The highest BCUT2D eigenvalue weighted by molar-refractivity contribution is 5.75. The number of aliphatic hydroxyl groups is 1. The van der Waals surface area contributed by atoms with Crippen LogP contribution in [0.1, 0.15) is 30.8 Å². The first kappa shape index (κ1) is 20.7. The maximum Gasteiger partial charge on any atom is 0.210 e. The molecule has 0 amide bonds. The van der Waals surface area contributed by atoms with Crippen LogP contribution in [-0.2, 0) is 6.42 Å². The molecule has 0 fully saturated rings. The number of anilines is 2. The van der Waals surface area contributed by atoms with Crippen LogP contribution >= 0.6 is 0 Å². The van der Waals surface area contributed by atoms with Gasteiger partial charge in [-0.05, 0) is 36.2 Å². The quantitative estimate of drug-likeness (QED) is 0.442. The molecule has 8 heteroatoms. The fraction of sp³-hybridized carbons (Fsp3) is 0.261. The van der Waals surface area contributed by atoms with Crippen LogP contribution in [0.15, 0.2) is 54.7 Å². The SMILES string of the molecule is CCC(CO)n1c(Nc2ccccc2F)nc2cnc(Cc3ccc(OC)cc3)nc21. The van der Waals surface area contributed by atoms with E-state index in [1.807, 2.05) is 35.8 Å². The Labute approximate surface area is 179 Å². The molecule has 4 aromatic rings. The van der Waals surface area contributed by atoms with E-state index in [2.05, 4.69) is 15.3 Å². The van der Waals surface area contributed by atoms with Crippen molar-refractivity contribution in [2.75, 3.05) is 19.0 Å². The van der Waals surface area contributed by atoms with Gasteiger partial charge in [-0.15, -0.1) is 0 Å². The zero-order valence-electron chi connectivity index (χ0n) is 17.4. The number of nitrogens with zero attached hydrogens (tertiary/aromatic N) is 4. The molecule has 31 heavy (non-hydrogen) atoms. The van der Waals surface area contributed by atoms with Crippen molar-refractivity contribution in [1.82, 2.24) is 19.5 Å². The number of hydrogen-bond donors (Lipinski definition) is 2. The van der Waals surface area contributed by atoms with Gasteiger partial charge < -0.3 is 15.2 Å². The number of rotatable bonds is 8. The zero-order valence-corrected chi connectivity index (χ0v) is 17.4. The minimum absolute atomic E-state index is 0.0915. The summed E-state index contributed by atoms with van der Waals surface area (Å²) < 4.78 is 21.2. The van der Waals surface area contributed by atoms with Crippen molar-refractivity contribution in [3.8, 4) is 5.75 Å². The van der Waals surface area contributed by atoms with E-state index in [9.17, 15) is 9.50 Å². The lowest BCUT2D eigenvalue weighted by Crippen LogP contribution is -2.16. The molecule has 0 spiro atoms. The largest absolute Gasteiger partial charge is 0.497 e. The number of fused-ring (bicyclic) bond motifs is 1. The Bertz CT molecular complexity index is 1170. The van der Waals surface area contributed by atoms with Crippen molar-refractivity contribution in [1.29, 1.82) is 0 Å². The average Bonchev–Trinajstić information content (AvgIpc) is 3.14. The van der Waals surface area contributed by atoms with E-state index in [0.29, 0.717) is 41.5 Å². The third-order valence-electron chi connectivity index (χ3n) is 5.17. The number of para-hydroxylation sites is 1. The summed E-state index contributed by atoms with van der Waals surface area (Å²) in [6.45, 7) is 1.88. The summed E-state index contributed by atoms with van der Waals surface area (Å²) in [6.07, 6.45) is 2.86. The lowest BCUT2D eigenvalue weighted by Gasteiger charge is -2.18. The fourth-order valence-corrected chi connectivity index (χ4v) is 3.45. The Balaban J connectivity index is 1.74. The first-order chi connectivity index (χ1) is 15.1. The van der Waals surface area contributed by atoms with E-state index in [0.717, 1.165) is 11.3 Å². The molecule has 0 saturated heterocycles. The maximum absolute atomic E-state index is 14.2. The van der Waals surface area contributed by atoms with Crippen molar-refractivity contribution in [2.45, 2.75) is 25.8 Å². The van der Waals surface area contributed by atoms with Gasteiger partial charge in [0.25, 0.3) is 0 Å². The summed E-state index contributed by atoms with van der Waals surface area (Å²) in [5.41, 5.74) is 2.52. The topological polar surface area (TPSA) is 85.1 Å². The lowest BCUT2D eigenvalue weighted by molar-refractivity contribution is 0.228. The number of methoxy groups -OCH3 is 1. The lowest BCUT2D eigenvalue weighted by atomic mass is 10.1. The number of ether oxygens (including phenoxy) is 1. The number of nitrogens with one attached hydrogen (secondary N) is 1. The first-order valence-corrected chi connectivity index (χ1v) is 10.1. The third-order valence-corrected chi connectivity index (χ3v) is 5.17. The summed E-state index contributed by atoms with van der Waals surface area (Å²) in [5.74, 6) is 1.45. The first-order valence-electron chi connectivity index (χ1n) is 10.1. The second kappa shape index (κ2) is 9.09. The van der Waals surface area contributed by atoms with E-state index in [4.69, 9.17) is 9.72 Å². The Kier molecular flexibility index (Phi) is 6.08. The summed E-state index contributed by atoms with van der Waals surface area (Å²) in [7, 11) is 1.63. The van der Waals surface area contributed by atoms with Crippen molar-refractivity contribution in [3.63, 3.8) is 0 Å². The van der Waals surface area contributed by atoms with Gasteiger partial charge in [0.05, 0.1) is 31.6 Å². The van der Waals surface area contributed by atoms with Gasteiger partial charge in [0.15, 0.2) is 5.65 Å². The van der Waals surface area contributed by atoms with Crippen LogP contribution in [0.3, 0.4) is 0 Å². The van der Waals surface area contributed by atoms with Crippen molar-refractivity contribution in [3.05, 3.63) is 71.9 Å². The smallest absolute Gasteiger partial charge is 0.210 e. The molecule has 0 aliphatic rings. The molecule has 7 nitrogen and oxygen atoms in total. The predicted octanol–water partition coefficient (Wildman–Crippen LogP) is 4.25. The van der Waals surface area contributed by atoms with Crippen molar-refractivity contribution < 1.29 is 14.2 Å². The average molecular weight is 421 g/mol. The fourth-order valence-electron chi connectivity index (χ4n) is 3.45. The van der Waals surface area contributed by atoms with Gasteiger partial charge in [0.2, 0.25) is 5.95 Å². The molecule has 1 atom stereocenters. The molecular formula is C23H24FN5O2. The van der Waals surface area contributed by atoms with Crippen LogP contribution in [0, 0.1) is 5.82 Å². The number of benzene rings is 2. The number of aliphatic hydroxyl groups excluding tert-OH is 1. The summed E-state index contributed by atoms with van der Waals surface area (Å²) in [4.78, 5) is 13.7. The van der Waals surface area contributed by atoms with Gasteiger partial charge in [-0.1, -0.05) is 31.2 Å². The minimum Gasteiger partial charge on any atom is -0.497 e. The Morgan fingerprint density at radius 1 is 1.13 bits per heavy atom. The second-order valence-corrected chi connectivity index (χ2v) is 7.17. The van der Waals surface area contributed by atoms with Gasteiger partial charge in [0.1, 0.15) is 22.9 Å². The van der Waals surface area contributed by atoms with Gasteiger partial charge in [-0.2, -0.15) is 0 Å². The minimum atomic E-state index is -0.385. The number of halogens is 1. The molecule has 0 bridgehead atoms. The highest BCUT2D eigenvalue weighted by atomic mass is 19.1. The molecule has 4 rings (SSSR count). The van der Waals surface area contributed by atoms with E-state index in [-0.39, 0.29) is 18.5 Å². The molecule has 1 unspecified atom stereocenters. The molecule has 0 aliphatic carbocycles. The normalized spacial score (nSPS) is 12.1. The molecule has 2 N–H and O–H groups in total. The zero-order chi connectivity index (χ0) is 21.8. The predicted molar refractivity (Wildman–Crippen MR) is 117 cm³/mol. The van der Waals surface area contributed by atoms with E-state index in [1.165, 1.54) is 6.07 Å². The van der Waals surface area contributed by atoms with Crippen LogP contribution in [-0.4, -0.2) is 38.3 Å². The highest BCUT2D eigenvalue weighted by Crippen LogP contribution is 2.28. The van der Waals surface area contributed by atoms with Crippen molar-refractivity contribution in [2.24, 2.45) is 0 Å². The summed E-state index contributed by atoms with van der Waals surface area (Å²) in [5, 5.41) is 13.0. The Hall–Kier alpha value is -3.52. The Morgan fingerprint density at radius 3 is 2.58 bits per heavy atom. The molecule has 2 aromatic heterocycles. The molecule has 2 aromatic carbocycles. The van der Waals surface area contributed by atoms with Crippen LogP contribution in [0.5, 0.6) is 5.75 Å². The van der Waals surface area contributed by atoms with E-state index in [1.54, 1.807) is 31.5 Å². The van der Waals surface area contributed by atoms with Crippen molar-refractivity contribution >= 4 is 22.8 Å². The van der Waals surface area contributed by atoms with Gasteiger partial charge in [-0.25, -0.2) is 19.3 Å². The van der Waals surface area contributed by atoms with Crippen LogP contribution in [0.2, 0.25) is 0 Å². The van der Waals surface area contributed by atoms with Gasteiger partial charge >= 0.3 is 0 Å². The van der Waals surface area contributed by atoms with E-state index >= 15 is 0 Å². The standard InChI is InChI=1S/C23H24FN5O2/c1-3-16(14-30)29-22-20(27-23(29)26-19-7-5-4-6-18(19)24)13-25-21(28-22)12-15-8-10-17(31-2)11-9-15/h4-11,13,16,30H,3,12,14H2,1-2H3,(H,26,27). The molecule has 0 aliphatic heterocycles. The monoisotopic (exact) mass is 421 g/mol. The summed E-state index contributed by atoms with van der Waals surface area (Å²) in [6, 6.07) is 13.9. The number of hydrogen-bond acceptors (Lipinski definition) is 6. The molecule has 160 valence electrons. The summed E-state index contributed by atoms with van der Waals surface area (Å²) >= 11 is 0. The number of aromatic nitrogens is 4.